The summed E-state index contributed by atoms with van der Waals surface area (Å²) < 4.78 is 15.2. The van der Waals surface area contributed by atoms with Gasteiger partial charge in [0.05, 0.1) is 7.11 Å². The molecule has 0 radical (unpaired) electrons. The fourth-order valence-electron chi connectivity index (χ4n) is 2.93. The number of carbonyl (C=O) groups excluding carboxylic acids is 4. The molecule has 33 heavy (non-hydrogen) atoms. The van der Waals surface area contributed by atoms with Gasteiger partial charge in [-0.3, -0.25) is 9.59 Å². The second-order valence-corrected chi connectivity index (χ2v) is 9.10. The van der Waals surface area contributed by atoms with E-state index in [0.717, 1.165) is 5.56 Å². The van der Waals surface area contributed by atoms with Crippen LogP contribution in [-0.4, -0.2) is 48.7 Å². The molecule has 9 nitrogen and oxygen atoms in total. The van der Waals surface area contributed by atoms with Gasteiger partial charge in [0.1, 0.15) is 24.3 Å². The van der Waals surface area contributed by atoms with Crippen LogP contribution in [0, 0.1) is 5.92 Å². The molecule has 0 unspecified atom stereocenters. The lowest BCUT2D eigenvalue weighted by atomic mass is 10.0. The summed E-state index contributed by atoms with van der Waals surface area (Å²) >= 11 is 0. The molecule has 0 heterocycles. The Morgan fingerprint density at radius 2 is 1.61 bits per heavy atom. The molecule has 0 aliphatic rings. The molecule has 0 fully saturated rings. The predicted octanol–water partition coefficient (Wildman–Crippen LogP) is 3.11. The first-order valence-corrected chi connectivity index (χ1v) is 11.0. The highest BCUT2D eigenvalue weighted by Gasteiger charge is 2.29. The first-order valence-electron chi connectivity index (χ1n) is 11.0. The van der Waals surface area contributed by atoms with Crippen LogP contribution in [0.2, 0.25) is 0 Å². The second kappa shape index (κ2) is 13.4. The van der Waals surface area contributed by atoms with Gasteiger partial charge < -0.3 is 24.8 Å². The van der Waals surface area contributed by atoms with Gasteiger partial charge >= 0.3 is 18.0 Å². The molecule has 0 saturated heterocycles. The molecule has 1 aromatic rings. The highest BCUT2D eigenvalue weighted by molar-refractivity contribution is 5.89. The van der Waals surface area contributed by atoms with Gasteiger partial charge in [0.15, 0.2) is 0 Å². The molecule has 0 aliphatic heterocycles. The van der Waals surface area contributed by atoms with Gasteiger partial charge in [0.25, 0.3) is 0 Å². The van der Waals surface area contributed by atoms with E-state index in [9.17, 15) is 19.2 Å². The Balaban J connectivity index is 2.75. The number of hydrogen-bond acceptors (Lipinski definition) is 7. The van der Waals surface area contributed by atoms with Crippen LogP contribution in [0.5, 0.6) is 0 Å². The SMILES string of the molecule is COC(=O)[C@@H](CCC(=O)OC(C)(C)C)NC(=O)[C@H](CC(C)C)NC(=O)OCc1ccccc1. The molecule has 0 aliphatic carbocycles. The van der Waals surface area contributed by atoms with Crippen molar-refractivity contribution in [2.75, 3.05) is 7.11 Å². The number of methoxy groups -OCH3 is 1. The van der Waals surface area contributed by atoms with Crippen LogP contribution in [0.25, 0.3) is 0 Å². The number of rotatable bonds is 11. The Bertz CT molecular complexity index is 788. The molecule has 2 amide bonds. The summed E-state index contributed by atoms with van der Waals surface area (Å²) in [5.41, 5.74) is 0.151. The number of nitrogens with one attached hydrogen (secondary N) is 2. The van der Waals surface area contributed by atoms with Crippen molar-refractivity contribution in [2.24, 2.45) is 5.92 Å². The molecule has 2 N–H and O–H groups in total. The monoisotopic (exact) mass is 464 g/mol. The Labute approximate surface area is 195 Å². The minimum Gasteiger partial charge on any atom is -0.467 e. The van der Waals surface area contributed by atoms with Crippen molar-refractivity contribution >= 4 is 23.9 Å². The molecule has 184 valence electrons. The quantitative estimate of drug-likeness (QED) is 0.381. The van der Waals surface area contributed by atoms with Gasteiger partial charge in [-0.1, -0.05) is 44.2 Å². The van der Waals surface area contributed by atoms with Crippen LogP contribution < -0.4 is 10.6 Å². The first-order chi connectivity index (χ1) is 15.4. The summed E-state index contributed by atoms with van der Waals surface area (Å²) in [5, 5.41) is 5.14. The van der Waals surface area contributed by atoms with Crippen molar-refractivity contribution in [3.05, 3.63) is 35.9 Å². The maximum Gasteiger partial charge on any atom is 0.408 e. The van der Waals surface area contributed by atoms with Crippen molar-refractivity contribution in [2.45, 2.75) is 78.2 Å². The smallest absolute Gasteiger partial charge is 0.408 e. The minimum absolute atomic E-state index is 0.000177. The fourth-order valence-corrected chi connectivity index (χ4v) is 2.93. The Morgan fingerprint density at radius 3 is 2.15 bits per heavy atom. The summed E-state index contributed by atoms with van der Waals surface area (Å²) in [7, 11) is 1.19. The number of benzene rings is 1. The highest BCUT2D eigenvalue weighted by Crippen LogP contribution is 2.12. The van der Waals surface area contributed by atoms with Crippen LogP contribution in [0.15, 0.2) is 30.3 Å². The molecule has 0 bridgehead atoms. The first kappa shape index (κ1) is 27.9. The van der Waals surface area contributed by atoms with Gasteiger partial charge in [-0.25, -0.2) is 9.59 Å². The second-order valence-electron chi connectivity index (χ2n) is 9.10. The third kappa shape index (κ3) is 11.9. The van der Waals surface area contributed by atoms with E-state index in [-0.39, 0.29) is 25.4 Å². The number of hydrogen-bond donors (Lipinski definition) is 2. The summed E-state index contributed by atoms with van der Waals surface area (Å²) in [6.45, 7) is 9.08. The minimum atomic E-state index is -1.06. The molecule has 1 rings (SSSR count). The summed E-state index contributed by atoms with van der Waals surface area (Å²) in [6.07, 6.45) is -0.506. The Kier molecular flexibility index (Phi) is 11.4. The molecule has 0 saturated carbocycles. The molecule has 2 atom stereocenters. The van der Waals surface area contributed by atoms with E-state index < -0.39 is 41.6 Å². The summed E-state index contributed by atoms with van der Waals surface area (Å²) in [5.74, 6) is -1.68. The maximum atomic E-state index is 12.9. The Hall–Kier alpha value is -3.10. The zero-order valence-electron chi connectivity index (χ0n) is 20.3. The van der Waals surface area contributed by atoms with Gasteiger partial charge in [-0.15, -0.1) is 0 Å². The molecular formula is C24H36N2O7. The van der Waals surface area contributed by atoms with E-state index in [4.69, 9.17) is 14.2 Å². The number of amides is 2. The lowest BCUT2D eigenvalue weighted by Gasteiger charge is -2.24. The fraction of sp³-hybridized carbons (Fsp3) is 0.583. The molecule has 9 heteroatoms. The predicted molar refractivity (Wildman–Crippen MR) is 122 cm³/mol. The van der Waals surface area contributed by atoms with Crippen LogP contribution in [0.3, 0.4) is 0 Å². The maximum absolute atomic E-state index is 12.9. The van der Waals surface area contributed by atoms with E-state index in [2.05, 4.69) is 10.6 Å². The number of carbonyl (C=O) groups is 4. The number of ether oxygens (including phenoxy) is 3. The van der Waals surface area contributed by atoms with Crippen LogP contribution in [0.1, 0.15) is 59.4 Å². The lowest BCUT2D eigenvalue weighted by Crippen LogP contribution is -2.52. The van der Waals surface area contributed by atoms with Crippen molar-refractivity contribution in [3.8, 4) is 0 Å². The normalized spacial score (nSPS) is 12.9. The van der Waals surface area contributed by atoms with Crippen molar-refractivity contribution in [1.82, 2.24) is 10.6 Å². The van der Waals surface area contributed by atoms with E-state index in [1.807, 2.05) is 44.2 Å². The van der Waals surface area contributed by atoms with Crippen molar-refractivity contribution < 1.29 is 33.4 Å². The number of alkyl carbamates (subject to hydrolysis) is 1. The van der Waals surface area contributed by atoms with Gasteiger partial charge in [0, 0.05) is 6.42 Å². The Morgan fingerprint density at radius 1 is 0.970 bits per heavy atom. The van der Waals surface area contributed by atoms with Crippen LogP contribution in [-0.2, 0) is 35.2 Å². The third-order valence-electron chi connectivity index (χ3n) is 4.39. The zero-order chi connectivity index (χ0) is 25.0. The van der Waals surface area contributed by atoms with E-state index in [1.165, 1.54) is 7.11 Å². The molecular weight excluding hydrogens is 428 g/mol. The number of esters is 2. The average Bonchev–Trinajstić information content (AvgIpc) is 2.73. The standard InChI is InChI=1S/C24H36N2O7/c1-16(2)14-19(26-23(30)32-15-17-10-8-7-9-11-17)21(28)25-18(22(29)31-6)12-13-20(27)33-24(3,4)5/h7-11,16,18-19H,12-15H2,1-6H3,(H,25,28)(H,26,30)/t18-,19+/m1/s1. The van der Waals surface area contributed by atoms with Gasteiger partial charge in [0.2, 0.25) is 5.91 Å². The van der Waals surface area contributed by atoms with E-state index in [1.54, 1.807) is 20.8 Å². The lowest BCUT2D eigenvalue weighted by molar-refractivity contribution is -0.155. The zero-order valence-corrected chi connectivity index (χ0v) is 20.3. The topological polar surface area (TPSA) is 120 Å². The van der Waals surface area contributed by atoms with Crippen LogP contribution >= 0.6 is 0 Å². The average molecular weight is 465 g/mol. The summed E-state index contributed by atoms with van der Waals surface area (Å²) in [4.78, 5) is 49.3. The largest absolute Gasteiger partial charge is 0.467 e. The van der Waals surface area contributed by atoms with Gasteiger partial charge in [-0.05, 0) is 45.1 Å². The van der Waals surface area contributed by atoms with E-state index >= 15 is 0 Å². The molecule has 0 spiro atoms. The van der Waals surface area contributed by atoms with Crippen molar-refractivity contribution in [1.29, 1.82) is 0 Å². The summed E-state index contributed by atoms with van der Waals surface area (Å²) in [6, 6.07) is 7.15. The molecule has 0 aromatic heterocycles. The van der Waals surface area contributed by atoms with Crippen LogP contribution in [0.4, 0.5) is 4.79 Å². The molecule has 1 aromatic carbocycles. The van der Waals surface area contributed by atoms with Gasteiger partial charge in [-0.2, -0.15) is 0 Å². The van der Waals surface area contributed by atoms with E-state index in [0.29, 0.717) is 6.42 Å². The van der Waals surface area contributed by atoms with Crippen molar-refractivity contribution in [3.63, 3.8) is 0 Å². The third-order valence-corrected chi connectivity index (χ3v) is 4.39. The highest BCUT2D eigenvalue weighted by atomic mass is 16.6.